The lowest BCUT2D eigenvalue weighted by molar-refractivity contribution is 0.101. The Morgan fingerprint density at radius 2 is 2.03 bits per heavy atom. The quantitative estimate of drug-likeness (QED) is 0.334. The van der Waals surface area contributed by atoms with Crippen LogP contribution in [0.1, 0.15) is 54.0 Å². The molecule has 0 N–H and O–H groups in total. The van der Waals surface area contributed by atoms with E-state index in [-0.39, 0.29) is 12.5 Å². The molecule has 0 saturated carbocycles. The van der Waals surface area contributed by atoms with Crippen molar-refractivity contribution in [2.45, 2.75) is 39.4 Å². The van der Waals surface area contributed by atoms with Gasteiger partial charge in [-0.15, -0.1) is 11.5 Å². The molecule has 0 spiro atoms. The first kappa shape index (κ1) is 21.9. The number of pyridine rings is 1. The molecule has 0 bridgehead atoms. The summed E-state index contributed by atoms with van der Waals surface area (Å²) in [6.07, 6.45) is 9.69. The number of ether oxygens (including phenoxy) is 1. The maximum atomic E-state index is 5.95. The van der Waals surface area contributed by atoms with Crippen LogP contribution in [0.5, 0.6) is 0 Å². The number of fused-ring (bicyclic) bond motifs is 5. The molecule has 5 aromatic rings. The van der Waals surface area contributed by atoms with E-state index in [0.717, 1.165) is 39.7 Å². The Bertz CT molecular complexity index is 1590. The summed E-state index contributed by atoms with van der Waals surface area (Å²) in [5, 5.41) is 13.1. The minimum absolute atomic E-state index is 0.115. The predicted octanol–water partition coefficient (Wildman–Crippen LogP) is 3.62. The van der Waals surface area contributed by atoms with Gasteiger partial charge >= 0.3 is 0 Å². The molecule has 1 aliphatic rings. The van der Waals surface area contributed by atoms with E-state index in [4.69, 9.17) is 15.7 Å². The SMILES string of the molecule is C#Cc1ccc2c(c1)-n1nnc(COCc3ccccn3)c1Cc1c(-c3noc(C(C)C)n3)ncn1-2. The Morgan fingerprint density at radius 1 is 1.11 bits per heavy atom. The van der Waals surface area contributed by atoms with E-state index in [0.29, 0.717) is 30.4 Å². The van der Waals surface area contributed by atoms with Gasteiger partial charge in [0.15, 0.2) is 0 Å². The molecule has 178 valence electrons. The lowest BCUT2D eigenvalue weighted by Gasteiger charge is -2.10. The molecule has 36 heavy (non-hydrogen) atoms. The van der Waals surface area contributed by atoms with Crippen molar-refractivity contribution in [3.63, 3.8) is 0 Å². The number of hydrogen-bond acceptors (Lipinski definition) is 8. The number of nitrogens with zero attached hydrogens (tertiary/aromatic N) is 8. The summed E-state index contributed by atoms with van der Waals surface area (Å²) in [6, 6.07) is 11.5. The fourth-order valence-electron chi connectivity index (χ4n) is 4.20. The van der Waals surface area contributed by atoms with Crippen LogP contribution in [-0.2, 0) is 24.4 Å². The number of rotatable bonds is 6. The van der Waals surface area contributed by atoms with Gasteiger partial charge in [-0.25, -0.2) is 9.67 Å². The molecular weight excluding hydrogens is 456 g/mol. The molecule has 0 unspecified atom stereocenters. The first-order valence-corrected chi connectivity index (χ1v) is 11.5. The Morgan fingerprint density at radius 3 is 2.81 bits per heavy atom. The van der Waals surface area contributed by atoms with Crippen LogP contribution in [0, 0.1) is 12.3 Å². The first-order chi connectivity index (χ1) is 17.6. The first-order valence-electron chi connectivity index (χ1n) is 11.5. The maximum absolute atomic E-state index is 5.95. The van der Waals surface area contributed by atoms with E-state index in [1.165, 1.54) is 0 Å². The third kappa shape index (κ3) is 3.76. The molecule has 1 aromatic carbocycles. The van der Waals surface area contributed by atoms with Gasteiger partial charge in [-0.05, 0) is 30.3 Å². The molecule has 10 nitrogen and oxygen atoms in total. The molecule has 10 heteroatoms. The second-order valence-corrected chi connectivity index (χ2v) is 8.75. The summed E-state index contributed by atoms with van der Waals surface area (Å²) in [4.78, 5) is 13.5. The smallest absolute Gasteiger partial charge is 0.229 e. The Balaban J connectivity index is 1.43. The summed E-state index contributed by atoms with van der Waals surface area (Å²) in [5.41, 5.74) is 6.41. The summed E-state index contributed by atoms with van der Waals surface area (Å²) in [6.45, 7) is 4.66. The number of benzene rings is 1. The van der Waals surface area contributed by atoms with Crippen molar-refractivity contribution in [2.75, 3.05) is 0 Å². The Labute approximate surface area is 207 Å². The number of imidazole rings is 1. The van der Waals surface area contributed by atoms with Crippen molar-refractivity contribution < 1.29 is 9.26 Å². The monoisotopic (exact) mass is 478 g/mol. The zero-order valence-electron chi connectivity index (χ0n) is 19.8. The molecule has 4 aromatic heterocycles. The van der Waals surface area contributed by atoms with Gasteiger partial charge in [0.05, 0.1) is 41.7 Å². The van der Waals surface area contributed by atoms with Crippen LogP contribution in [0.3, 0.4) is 0 Å². The Kier molecular flexibility index (Phi) is 5.39. The highest BCUT2D eigenvalue weighted by molar-refractivity contribution is 5.63. The van der Waals surface area contributed by atoms with Crippen LogP contribution in [0.4, 0.5) is 0 Å². The van der Waals surface area contributed by atoms with Crippen molar-refractivity contribution in [1.29, 1.82) is 0 Å². The summed E-state index contributed by atoms with van der Waals surface area (Å²) < 4.78 is 15.2. The fraction of sp³-hybridized carbons (Fsp3) is 0.231. The lowest BCUT2D eigenvalue weighted by atomic mass is 10.1. The molecule has 0 amide bonds. The van der Waals surface area contributed by atoms with Crippen molar-refractivity contribution >= 4 is 0 Å². The van der Waals surface area contributed by atoms with E-state index < -0.39 is 0 Å². The standard InChI is InChI=1S/C26H22N8O2/c1-4-17-8-9-20-22(11-17)34-21(19(30-32-34)14-35-13-18-7-5-6-10-27-18)12-23-24(28-15-33(20)23)25-29-26(16(2)3)36-31-25/h1,5-11,15-16H,12-14H2,2-3H3. The highest BCUT2D eigenvalue weighted by Crippen LogP contribution is 2.33. The average Bonchev–Trinajstić information content (AvgIpc) is 3.62. The molecular formula is C26H22N8O2. The van der Waals surface area contributed by atoms with Gasteiger partial charge in [-0.2, -0.15) is 4.98 Å². The van der Waals surface area contributed by atoms with E-state index >= 15 is 0 Å². The van der Waals surface area contributed by atoms with Gasteiger partial charge in [0.1, 0.15) is 17.7 Å². The summed E-state index contributed by atoms with van der Waals surface area (Å²) in [5.74, 6) is 3.83. The molecule has 0 saturated heterocycles. The van der Waals surface area contributed by atoms with Crippen molar-refractivity contribution in [1.82, 2.24) is 39.7 Å². The largest absolute Gasteiger partial charge is 0.369 e. The van der Waals surface area contributed by atoms with Crippen molar-refractivity contribution in [2.24, 2.45) is 0 Å². The normalized spacial score (nSPS) is 12.1. The van der Waals surface area contributed by atoms with Crippen LogP contribution in [0.2, 0.25) is 0 Å². The highest BCUT2D eigenvalue weighted by Gasteiger charge is 2.28. The molecule has 0 fully saturated rings. The van der Waals surface area contributed by atoms with Gasteiger partial charge in [-0.1, -0.05) is 36.2 Å². The van der Waals surface area contributed by atoms with E-state index in [1.807, 2.05) is 59.5 Å². The van der Waals surface area contributed by atoms with Crippen LogP contribution in [0.15, 0.2) is 53.4 Å². The van der Waals surface area contributed by atoms with E-state index in [1.54, 1.807) is 12.5 Å². The number of hydrogen-bond donors (Lipinski definition) is 0. The van der Waals surface area contributed by atoms with Gasteiger partial charge < -0.3 is 9.26 Å². The summed E-state index contributed by atoms with van der Waals surface area (Å²) in [7, 11) is 0. The molecule has 1 aliphatic heterocycles. The van der Waals surface area contributed by atoms with Crippen LogP contribution in [-0.4, -0.2) is 39.7 Å². The molecule has 5 heterocycles. The third-order valence-corrected chi connectivity index (χ3v) is 6.04. The Hall–Kier alpha value is -4.62. The molecule has 0 atom stereocenters. The van der Waals surface area contributed by atoms with Gasteiger partial charge in [0.2, 0.25) is 11.7 Å². The topological polar surface area (TPSA) is 110 Å². The average molecular weight is 479 g/mol. The van der Waals surface area contributed by atoms with Crippen LogP contribution < -0.4 is 0 Å². The third-order valence-electron chi connectivity index (χ3n) is 6.04. The van der Waals surface area contributed by atoms with Gasteiger partial charge in [0, 0.05) is 24.1 Å². The molecule has 6 rings (SSSR count). The van der Waals surface area contributed by atoms with Crippen LogP contribution in [0.25, 0.3) is 22.9 Å². The highest BCUT2D eigenvalue weighted by atomic mass is 16.5. The fourth-order valence-corrected chi connectivity index (χ4v) is 4.20. The summed E-state index contributed by atoms with van der Waals surface area (Å²) >= 11 is 0. The minimum Gasteiger partial charge on any atom is -0.369 e. The number of terminal acetylenes is 1. The van der Waals surface area contributed by atoms with Gasteiger partial charge in [-0.3, -0.25) is 9.55 Å². The second kappa shape index (κ2) is 8.87. The second-order valence-electron chi connectivity index (χ2n) is 8.75. The zero-order chi connectivity index (χ0) is 24.6. The van der Waals surface area contributed by atoms with Crippen molar-refractivity contribution in [3.05, 3.63) is 83.2 Å². The number of aromatic nitrogens is 8. The van der Waals surface area contributed by atoms with E-state index in [2.05, 4.69) is 36.3 Å². The zero-order valence-corrected chi connectivity index (χ0v) is 19.8. The molecule has 0 radical (unpaired) electrons. The van der Waals surface area contributed by atoms with Crippen LogP contribution >= 0.6 is 0 Å². The van der Waals surface area contributed by atoms with Crippen molar-refractivity contribution in [3.8, 4) is 35.2 Å². The lowest BCUT2D eigenvalue weighted by Crippen LogP contribution is -2.05. The molecule has 0 aliphatic carbocycles. The van der Waals surface area contributed by atoms with E-state index in [9.17, 15) is 0 Å². The predicted molar refractivity (Wildman–Crippen MR) is 129 cm³/mol. The van der Waals surface area contributed by atoms with Gasteiger partial charge in [0.25, 0.3) is 0 Å². The minimum atomic E-state index is 0.115. The maximum Gasteiger partial charge on any atom is 0.229 e.